The van der Waals surface area contributed by atoms with Crippen LogP contribution in [0.5, 0.6) is 5.75 Å². The van der Waals surface area contributed by atoms with E-state index in [0.717, 1.165) is 24.8 Å². The van der Waals surface area contributed by atoms with Gasteiger partial charge in [0.25, 0.3) is 0 Å². The smallest absolute Gasteiger partial charge is 0.407 e. The summed E-state index contributed by atoms with van der Waals surface area (Å²) in [5.74, 6) is 1.39. The lowest BCUT2D eigenvalue weighted by Crippen LogP contribution is -2.67. The molecule has 1 saturated carbocycles. The van der Waals surface area contributed by atoms with E-state index in [-0.39, 0.29) is 18.1 Å². The molecular formula is C24H37N3O5S. The van der Waals surface area contributed by atoms with E-state index >= 15 is 0 Å². The zero-order valence-corrected chi connectivity index (χ0v) is 20.9. The molecule has 4 bridgehead atoms. The third-order valence-electron chi connectivity index (χ3n) is 7.10. The molecule has 1 aromatic carbocycles. The summed E-state index contributed by atoms with van der Waals surface area (Å²) in [5, 5.41) is 6.18. The molecule has 3 saturated heterocycles. The summed E-state index contributed by atoms with van der Waals surface area (Å²) in [7, 11) is -3.27. The summed E-state index contributed by atoms with van der Waals surface area (Å²) in [6.45, 7) is 10.2. The van der Waals surface area contributed by atoms with Gasteiger partial charge < -0.3 is 25.0 Å². The summed E-state index contributed by atoms with van der Waals surface area (Å²) in [5.41, 5.74) is 1.01. The van der Waals surface area contributed by atoms with E-state index in [1.165, 1.54) is 12.1 Å². The number of fused-ring (bicyclic) bond motifs is 1. The lowest BCUT2D eigenvalue weighted by atomic mass is 9.54. The minimum Gasteiger partial charge on any atom is -0.494 e. The first-order valence-electron chi connectivity index (χ1n) is 11.9. The van der Waals surface area contributed by atoms with E-state index in [1.807, 2.05) is 12.1 Å². The zero-order valence-electron chi connectivity index (χ0n) is 20.1. The number of anilines is 1. The maximum absolute atomic E-state index is 12.2. The number of alkyl carbamates (subject to hydrolysis) is 1. The number of carbonyl (C=O) groups is 1. The van der Waals surface area contributed by atoms with Crippen molar-refractivity contribution in [2.75, 3.05) is 42.6 Å². The van der Waals surface area contributed by atoms with E-state index in [2.05, 4.69) is 34.6 Å². The van der Waals surface area contributed by atoms with Crippen LogP contribution in [-0.2, 0) is 14.6 Å². The average molecular weight is 480 g/mol. The highest BCUT2D eigenvalue weighted by Gasteiger charge is 2.64. The Bertz CT molecular complexity index is 959. The summed E-state index contributed by atoms with van der Waals surface area (Å²) in [4.78, 5) is 14.1. The predicted molar refractivity (Wildman–Crippen MR) is 129 cm³/mol. The second-order valence-corrected chi connectivity index (χ2v) is 13.1. The molecule has 0 spiro atoms. The number of hydrogen-bond acceptors (Lipinski definition) is 7. The second-order valence-electron chi connectivity index (χ2n) is 10.8. The fourth-order valence-electron chi connectivity index (χ4n) is 5.63. The van der Waals surface area contributed by atoms with Gasteiger partial charge in [-0.2, -0.15) is 0 Å². The summed E-state index contributed by atoms with van der Waals surface area (Å²) < 4.78 is 35.2. The number of sulfone groups is 1. The van der Waals surface area contributed by atoms with Crippen molar-refractivity contribution >= 4 is 21.6 Å². The van der Waals surface area contributed by atoms with Gasteiger partial charge in [-0.1, -0.05) is 6.92 Å². The molecule has 33 heavy (non-hydrogen) atoms. The summed E-state index contributed by atoms with van der Waals surface area (Å²) in [6, 6.07) is 9.39. The number of carbonyl (C=O) groups excluding carboxylic acids is 1. The standard InChI is InChI=1S/C24H37N3O5S/c1-23(2,3)32-22(28)25-10-13-33(29,30)12-5-11-31-19-8-6-18(7-9-19)27-16-17-14-24(4)20(27)15-26-21(17)24/h6-9,17,20-21,26H,5,10-16H2,1-4H3,(H,25,28)/t17-,20+,21?,24?/m0/s1. The minimum atomic E-state index is -3.27. The number of ether oxygens (including phenoxy) is 2. The molecular weight excluding hydrogens is 442 g/mol. The number of nitrogens with one attached hydrogen (secondary N) is 2. The molecule has 1 amide bonds. The molecule has 4 fully saturated rings. The molecule has 3 heterocycles. The molecule has 2 unspecified atom stereocenters. The van der Waals surface area contributed by atoms with Gasteiger partial charge in [0.15, 0.2) is 9.84 Å². The Labute approximate surface area is 197 Å². The molecule has 5 rings (SSSR count). The van der Waals surface area contributed by atoms with Crippen LogP contribution in [0, 0.1) is 11.3 Å². The van der Waals surface area contributed by atoms with Gasteiger partial charge in [0.05, 0.1) is 18.1 Å². The van der Waals surface area contributed by atoms with Crippen molar-refractivity contribution in [2.24, 2.45) is 11.3 Å². The normalized spacial score (nSPS) is 28.2. The Kier molecular flexibility index (Phi) is 6.57. The van der Waals surface area contributed by atoms with Crippen LogP contribution in [0.3, 0.4) is 0 Å². The van der Waals surface area contributed by atoms with Gasteiger partial charge in [0, 0.05) is 42.8 Å². The molecule has 3 aliphatic heterocycles. The molecule has 1 aliphatic carbocycles. The van der Waals surface area contributed by atoms with Crippen LogP contribution in [0.15, 0.2) is 24.3 Å². The second kappa shape index (κ2) is 8.98. The molecule has 8 nitrogen and oxygen atoms in total. The van der Waals surface area contributed by atoms with Gasteiger partial charge in [0.2, 0.25) is 0 Å². The van der Waals surface area contributed by atoms with Crippen molar-refractivity contribution in [1.82, 2.24) is 10.6 Å². The number of amides is 1. The highest BCUT2D eigenvalue weighted by atomic mass is 32.2. The Morgan fingerprint density at radius 3 is 2.67 bits per heavy atom. The minimum absolute atomic E-state index is 0.0185. The van der Waals surface area contributed by atoms with Crippen molar-refractivity contribution in [1.29, 1.82) is 0 Å². The maximum Gasteiger partial charge on any atom is 0.407 e. The summed E-state index contributed by atoms with van der Waals surface area (Å²) >= 11 is 0. The Balaban J connectivity index is 1.16. The monoisotopic (exact) mass is 479 g/mol. The van der Waals surface area contributed by atoms with E-state index in [0.29, 0.717) is 30.5 Å². The van der Waals surface area contributed by atoms with Crippen LogP contribution < -0.4 is 20.3 Å². The van der Waals surface area contributed by atoms with Crippen molar-refractivity contribution in [2.45, 2.75) is 58.2 Å². The highest BCUT2D eigenvalue weighted by Crippen LogP contribution is 2.57. The summed E-state index contributed by atoms with van der Waals surface area (Å²) in [6.07, 6.45) is 1.12. The fraction of sp³-hybridized carbons (Fsp3) is 0.708. The third kappa shape index (κ3) is 5.40. The Morgan fingerprint density at radius 2 is 1.97 bits per heavy atom. The van der Waals surface area contributed by atoms with Gasteiger partial charge in [-0.15, -0.1) is 0 Å². The van der Waals surface area contributed by atoms with Crippen LogP contribution in [0.1, 0.15) is 40.5 Å². The van der Waals surface area contributed by atoms with E-state index < -0.39 is 21.5 Å². The molecule has 4 atom stereocenters. The molecule has 4 aliphatic rings. The number of benzene rings is 1. The third-order valence-corrected chi connectivity index (χ3v) is 8.84. The van der Waals surface area contributed by atoms with Crippen molar-refractivity contribution in [3.8, 4) is 5.75 Å². The highest BCUT2D eigenvalue weighted by molar-refractivity contribution is 7.91. The van der Waals surface area contributed by atoms with Gasteiger partial charge in [-0.3, -0.25) is 0 Å². The van der Waals surface area contributed by atoms with Crippen LogP contribution in [0.25, 0.3) is 0 Å². The van der Waals surface area contributed by atoms with Crippen molar-refractivity contribution in [3.05, 3.63) is 24.3 Å². The van der Waals surface area contributed by atoms with Crippen molar-refractivity contribution < 1.29 is 22.7 Å². The van der Waals surface area contributed by atoms with Crippen LogP contribution in [-0.4, -0.2) is 69.9 Å². The molecule has 1 aromatic rings. The number of hydrogen-bond donors (Lipinski definition) is 2. The quantitative estimate of drug-likeness (QED) is 0.526. The average Bonchev–Trinajstić information content (AvgIpc) is 2.86. The van der Waals surface area contributed by atoms with Crippen LogP contribution in [0.2, 0.25) is 0 Å². The van der Waals surface area contributed by atoms with E-state index in [9.17, 15) is 13.2 Å². The number of piperidine rings is 2. The zero-order chi connectivity index (χ0) is 23.9. The maximum atomic E-state index is 12.2. The molecule has 2 N–H and O–H groups in total. The largest absolute Gasteiger partial charge is 0.494 e. The number of nitrogens with zero attached hydrogens (tertiary/aromatic N) is 1. The Hall–Kier alpha value is -2.00. The SMILES string of the molecule is CC(C)(C)OC(=O)NCCS(=O)(=O)CCCOc1ccc(N2C[C@@H]3CC4(C)C3NC[C@@H]24)cc1. The van der Waals surface area contributed by atoms with Crippen LogP contribution >= 0.6 is 0 Å². The topological polar surface area (TPSA) is 97.0 Å². The lowest BCUT2D eigenvalue weighted by Gasteiger charge is -2.60. The van der Waals surface area contributed by atoms with E-state index in [4.69, 9.17) is 9.47 Å². The fourth-order valence-corrected chi connectivity index (χ4v) is 6.81. The van der Waals surface area contributed by atoms with Gasteiger partial charge >= 0.3 is 6.09 Å². The molecule has 0 aromatic heterocycles. The van der Waals surface area contributed by atoms with Crippen LogP contribution in [0.4, 0.5) is 10.5 Å². The molecule has 9 heteroatoms. The number of rotatable bonds is 9. The Morgan fingerprint density at radius 1 is 1.24 bits per heavy atom. The van der Waals surface area contributed by atoms with Gasteiger partial charge in [-0.25, -0.2) is 13.2 Å². The van der Waals surface area contributed by atoms with Gasteiger partial charge in [0.1, 0.15) is 11.4 Å². The van der Waals surface area contributed by atoms with Crippen molar-refractivity contribution in [3.63, 3.8) is 0 Å². The lowest BCUT2D eigenvalue weighted by molar-refractivity contribution is 0.00779. The first-order valence-corrected chi connectivity index (χ1v) is 13.7. The first-order chi connectivity index (χ1) is 15.5. The first kappa shape index (κ1) is 24.1. The van der Waals surface area contributed by atoms with Gasteiger partial charge in [-0.05, 0) is 63.8 Å². The predicted octanol–water partition coefficient (Wildman–Crippen LogP) is 2.58. The molecule has 0 radical (unpaired) electrons. The van der Waals surface area contributed by atoms with E-state index in [1.54, 1.807) is 20.8 Å². The molecule has 184 valence electrons.